The first-order chi connectivity index (χ1) is 10.0. The molecule has 0 saturated carbocycles. The largest absolute Gasteiger partial charge is 0.392 e. The summed E-state index contributed by atoms with van der Waals surface area (Å²) < 4.78 is 45.2. The second-order valence-corrected chi connectivity index (χ2v) is 6.38. The summed E-state index contributed by atoms with van der Waals surface area (Å²) in [6, 6.07) is 3.55. The lowest BCUT2D eigenvalue weighted by Gasteiger charge is -2.09. The van der Waals surface area contributed by atoms with Crippen molar-refractivity contribution in [2.75, 3.05) is 19.8 Å². The lowest BCUT2D eigenvalue weighted by molar-refractivity contribution is 0.130. The highest BCUT2D eigenvalue weighted by atomic mass is 32.2. The molecule has 2 N–H and O–H groups in total. The van der Waals surface area contributed by atoms with E-state index in [0.29, 0.717) is 25.2 Å². The van der Waals surface area contributed by atoms with Crippen molar-refractivity contribution >= 4 is 10.0 Å². The molecule has 0 bridgehead atoms. The SMILES string of the molecule is CCCCOCCCNS(=O)(=O)c1ccc(CO)cc1F. The molecule has 0 spiro atoms. The van der Waals surface area contributed by atoms with Crippen molar-refractivity contribution in [2.24, 2.45) is 0 Å². The third-order valence-corrected chi connectivity index (χ3v) is 4.36. The van der Waals surface area contributed by atoms with Gasteiger partial charge in [0.2, 0.25) is 10.0 Å². The van der Waals surface area contributed by atoms with Gasteiger partial charge in [-0.2, -0.15) is 0 Å². The Bertz CT molecular complexity index is 534. The lowest BCUT2D eigenvalue weighted by Crippen LogP contribution is -2.26. The van der Waals surface area contributed by atoms with Crippen molar-refractivity contribution in [3.63, 3.8) is 0 Å². The zero-order valence-electron chi connectivity index (χ0n) is 12.1. The molecule has 0 heterocycles. The van der Waals surface area contributed by atoms with Gasteiger partial charge < -0.3 is 9.84 Å². The zero-order valence-corrected chi connectivity index (χ0v) is 13.0. The standard InChI is InChI=1S/C14H22FNO4S/c1-2-3-8-20-9-4-7-16-21(18,19)14-6-5-12(11-17)10-13(14)15/h5-6,10,16-17H,2-4,7-9,11H2,1H3. The molecule has 0 aliphatic heterocycles. The van der Waals surface area contributed by atoms with Gasteiger partial charge in [0.15, 0.2) is 0 Å². The van der Waals surface area contributed by atoms with Gasteiger partial charge in [-0.25, -0.2) is 17.5 Å². The van der Waals surface area contributed by atoms with Gasteiger partial charge in [-0.15, -0.1) is 0 Å². The molecule has 7 heteroatoms. The van der Waals surface area contributed by atoms with Crippen LogP contribution >= 0.6 is 0 Å². The second kappa shape index (κ2) is 9.09. The van der Waals surface area contributed by atoms with E-state index in [1.807, 2.05) is 0 Å². The fraction of sp³-hybridized carbons (Fsp3) is 0.571. The monoisotopic (exact) mass is 319 g/mol. The minimum Gasteiger partial charge on any atom is -0.392 e. The Morgan fingerprint density at radius 3 is 2.62 bits per heavy atom. The maximum atomic E-state index is 13.7. The maximum Gasteiger partial charge on any atom is 0.243 e. The molecule has 0 aliphatic rings. The van der Waals surface area contributed by atoms with Crippen LogP contribution < -0.4 is 4.72 Å². The van der Waals surface area contributed by atoms with Crippen LogP contribution in [0.4, 0.5) is 4.39 Å². The molecule has 0 aromatic heterocycles. The quantitative estimate of drug-likeness (QED) is 0.645. The number of aliphatic hydroxyl groups is 1. The highest BCUT2D eigenvalue weighted by Crippen LogP contribution is 2.16. The van der Waals surface area contributed by atoms with Gasteiger partial charge in [0, 0.05) is 19.8 Å². The molecule has 0 unspecified atom stereocenters. The Hall–Kier alpha value is -1.02. The molecule has 1 rings (SSSR count). The van der Waals surface area contributed by atoms with E-state index in [9.17, 15) is 12.8 Å². The lowest BCUT2D eigenvalue weighted by atomic mass is 10.2. The predicted octanol–water partition coefficient (Wildman–Crippen LogP) is 1.80. The maximum absolute atomic E-state index is 13.7. The molecule has 1 aromatic carbocycles. The summed E-state index contributed by atoms with van der Waals surface area (Å²) in [5.74, 6) is -0.867. The molecular weight excluding hydrogens is 297 g/mol. The summed E-state index contributed by atoms with van der Waals surface area (Å²) in [7, 11) is -3.88. The topological polar surface area (TPSA) is 75.6 Å². The minimum absolute atomic E-state index is 0.190. The van der Waals surface area contributed by atoms with Crippen molar-refractivity contribution in [1.82, 2.24) is 4.72 Å². The molecule has 0 amide bonds. The average Bonchev–Trinajstić information content (AvgIpc) is 2.45. The average molecular weight is 319 g/mol. The Morgan fingerprint density at radius 1 is 1.29 bits per heavy atom. The molecule has 5 nitrogen and oxygen atoms in total. The number of ether oxygens (including phenoxy) is 1. The molecule has 1 aromatic rings. The highest BCUT2D eigenvalue weighted by molar-refractivity contribution is 7.89. The summed E-state index contributed by atoms with van der Waals surface area (Å²) in [4.78, 5) is -0.411. The van der Waals surface area contributed by atoms with Crippen LogP contribution in [-0.4, -0.2) is 33.3 Å². The number of hydrogen-bond acceptors (Lipinski definition) is 4. The van der Waals surface area contributed by atoms with E-state index in [1.165, 1.54) is 6.07 Å². The van der Waals surface area contributed by atoms with Crippen LogP contribution in [0.1, 0.15) is 31.7 Å². The van der Waals surface area contributed by atoms with Crippen LogP contribution in [0.2, 0.25) is 0 Å². The van der Waals surface area contributed by atoms with E-state index >= 15 is 0 Å². The highest BCUT2D eigenvalue weighted by Gasteiger charge is 2.18. The minimum atomic E-state index is -3.88. The number of sulfonamides is 1. The van der Waals surface area contributed by atoms with Gasteiger partial charge in [0.25, 0.3) is 0 Å². The summed E-state index contributed by atoms with van der Waals surface area (Å²) in [6.45, 7) is 3.05. The van der Waals surface area contributed by atoms with Crippen molar-refractivity contribution in [2.45, 2.75) is 37.7 Å². The van der Waals surface area contributed by atoms with E-state index < -0.39 is 20.7 Å². The number of hydrogen-bond donors (Lipinski definition) is 2. The van der Waals surface area contributed by atoms with Gasteiger partial charge >= 0.3 is 0 Å². The number of unbranched alkanes of at least 4 members (excludes halogenated alkanes) is 1. The van der Waals surface area contributed by atoms with Crippen LogP contribution in [-0.2, 0) is 21.4 Å². The van der Waals surface area contributed by atoms with Gasteiger partial charge in [-0.3, -0.25) is 0 Å². The van der Waals surface area contributed by atoms with Gasteiger partial charge in [-0.1, -0.05) is 19.4 Å². The van der Waals surface area contributed by atoms with E-state index in [4.69, 9.17) is 9.84 Å². The fourth-order valence-corrected chi connectivity index (χ4v) is 2.80. The van der Waals surface area contributed by atoms with Crippen LogP contribution in [0.15, 0.2) is 23.1 Å². The first-order valence-electron chi connectivity index (χ1n) is 6.98. The van der Waals surface area contributed by atoms with E-state index in [1.54, 1.807) is 0 Å². The predicted molar refractivity (Wildman–Crippen MR) is 77.9 cm³/mol. The van der Waals surface area contributed by atoms with Gasteiger partial charge in [0.1, 0.15) is 10.7 Å². The number of nitrogens with one attached hydrogen (secondary N) is 1. The third-order valence-electron chi connectivity index (χ3n) is 2.87. The van der Waals surface area contributed by atoms with Crippen molar-refractivity contribution < 1.29 is 22.7 Å². The second-order valence-electron chi connectivity index (χ2n) is 4.64. The van der Waals surface area contributed by atoms with Crippen LogP contribution in [0.3, 0.4) is 0 Å². The summed E-state index contributed by atoms with van der Waals surface area (Å²) in [6.07, 6.45) is 2.56. The number of benzene rings is 1. The van der Waals surface area contributed by atoms with E-state index in [0.717, 1.165) is 25.0 Å². The Kier molecular flexibility index (Phi) is 7.81. The van der Waals surface area contributed by atoms with Crippen LogP contribution in [0.5, 0.6) is 0 Å². The Labute approximate surface area is 125 Å². The van der Waals surface area contributed by atoms with Crippen LogP contribution in [0.25, 0.3) is 0 Å². The molecule has 0 aliphatic carbocycles. The van der Waals surface area contributed by atoms with Crippen molar-refractivity contribution in [3.8, 4) is 0 Å². The van der Waals surface area contributed by atoms with Crippen molar-refractivity contribution in [1.29, 1.82) is 0 Å². The summed E-state index contributed by atoms with van der Waals surface area (Å²) in [5.41, 5.74) is 0.329. The molecular formula is C14H22FNO4S. The molecule has 0 radical (unpaired) electrons. The molecule has 0 saturated heterocycles. The van der Waals surface area contributed by atoms with Gasteiger partial charge in [0.05, 0.1) is 6.61 Å². The number of aliphatic hydroxyl groups excluding tert-OH is 1. The molecule has 120 valence electrons. The van der Waals surface area contributed by atoms with E-state index in [2.05, 4.69) is 11.6 Å². The van der Waals surface area contributed by atoms with Crippen molar-refractivity contribution in [3.05, 3.63) is 29.6 Å². The number of halogens is 1. The molecule has 0 fully saturated rings. The fourth-order valence-electron chi connectivity index (χ4n) is 1.67. The first kappa shape index (κ1) is 18.0. The van der Waals surface area contributed by atoms with Crippen LogP contribution in [0, 0.1) is 5.82 Å². The number of rotatable bonds is 10. The summed E-state index contributed by atoms with van der Waals surface area (Å²) in [5, 5.41) is 8.87. The normalized spacial score (nSPS) is 11.8. The Morgan fingerprint density at radius 2 is 2.00 bits per heavy atom. The first-order valence-corrected chi connectivity index (χ1v) is 8.46. The molecule has 21 heavy (non-hydrogen) atoms. The van der Waals surface area contributed by atoms with E-state index in [-0.39, 0.29) is 13.2 Å². The summed E-state index contributed by atoms with van der Waals surface area (Å²) >= 11 is 0. The smallest absolute Gasteiger partial charge is 0.243 e. The van der Waals surface area contributed by atoms with Gasteiger partial charge in [-0.05, 0) is 30.5 Å². The zero-order chi connectivity index (χ0) is 15.7. The third kappa shape index (κ3) is 6.09. The molecule has 0 atom stereocenters. The Balaban J connectivity index is 2.46.